The maximum absolute atomic E-state index is 13.5. The van der Waals surface area contributed by atoms with Gasteiger partial charge >= 0.3 is 0 Å². The Bertz CT molecular complexity index is 1660. The van der Waals surface area contributed by atoms with E-state index in [2.05, 4.69) is 50.2 Å². The van der Waals surface area contributed by atoms with Crippen LogP contribution in [0.5, 0.6) is 0 Å². The van der Waals surface area contributed by atoms with Crippen molar-refractivity contribution in [2.45, 2.75) is 0 Å². The zero-order chi connectivity index (χ0) is 26.6. The number of hydrogen-bond donors (Lipinski definition) is 0. The van der Waals surface area contributed by atoms with Crippen LogP contribution in [0.3, 0.4) is 0 Å². The van der Waals surface area contributed by atoms with E-state index in [1.54, 1.807) is 12.1 Å². The summed E-state index contributed by atoms with van der Waals surface area (Å²) >= 11 is 3.44. The molecule has 0 radical (unpaired) electrons. The highest BCUT2D eigenvalue weighted by atomic mass is 79.9. The molecule has 0 spiro atoms. The van der Waals surface area contributed by atoms with Crippen LogP contribution in [0.15, 0.2) is 144 Å². The molecule has 0 amide bonds. The van der Waals surface area contributed by atoms with Crippen molar-refractivity contribution < 1.29 is 4.79 Å². The standard InChI is InChI=1S/C33H23BrN4O/c34-26-18-16-25(17-19-26)33(39)32-31(24-10-4-1-5-11-24)35-38(36-32)30-22-20-29(21-23-30)37(27-12-6-2-7-13-27)28-14-8-3-9-15-28/h1-23H. The minimum absolute atomic E-state index is 0.177. The van der Waals surface area contributed by atoms with Gasteiger partial charge in [-0.05, 0) is 72.8 Å². The van der Waals surface area contributed by atoms with Crippen LogP contribution in [0.1, 0.15) is 16.1 Å². The van der Waals surface area contributed by atoms with Gasteiger partial charge in [-0.3, -0.25) is 4.79 Å². The summed E-state index contributed by atoms with van der Waals surface area (Å²) < 4.78 is 0.908. The number of aromatic nitrogens is 3. The summed E-state index contributed by atoms with van der Waals surface area (Å²) in [6.07, 6.45) is 0. The van der Waals surface area contributed by atoms with Crippen molar-refractivity contribution in [2.24, 2.45) is 0 Å². The molecule has 0 aliphatic rings. The number of para-hydroxylation sites is 2. The van der Waals surface area contributed by atoms with Crippen LogP contribution in [-0.2, 0) is 0 Å². The average Bonchev–Trinajstić information content (AvgIpc) is 3.45. The summed E-state index contributed by atoms with van der Waals surface area (Å²) in [5, 5.41) is 9.44. The molecule has 0 unspecified atom stereocenters. The Hall–Kier alpha value is -4.81. The second kappa shape index (κ2) is 10.9. The van der Waals surface area contributed by atoms with Gasteiger partial charge in [0.2, 0.25) is 5.78 Å². The fraction of sp³-hybridized carbons (Fsp3) is 0. The monoisotopic (exact) mass is 570 g/mol. The quantitative estimate of drug-likeness (QED) is 0.181. The fourth-order valence-electron chi connectivity index (χ4n) is 4.44. The summed E-state index contributed by atoms with van der Waals surface area (Å²) in [5.41, 5.74) is 6.11. The Balaban J connectivity index is 1.40. The summed E-state index contributed by atoms with van der Waals surface area (Å²) in [6.45, 7) is 0. The van der Waals surface area contributed by atoms with E-state index in [1.807, 2.05) is 103 Å². The van der Waals surface area contributed by atoms with Crippen molar-refractivity contribution in [3.05, 3.63) is 155 Å². The van der Waals surface area contributed by atoms with E-state index in [-0.39, 0.29) is 5.78 Å². The minimum atomic E-state index is -0.177. The number of carbonyl (C=O) groups is 1. The summed E-state index contributed by atoms with van der Waals surface area (Å²) in [7, 11) is 0. The molecule has 0 saturated heterocycles. The number of carbonyl (C=O) groups excluding carboxylic acids is 1. The Morgan fingerprint density at radius 1 is 0.590 bits per heavy atom. The van der Waals surface area contributed by atoms with Crippen LogP contribution in [0.2, 0.25) is 0 Å². The predicted octanol–water partition coefficient (Wildman–Crippen LogP) is 8.40. The van der Waals surface area contributed by atoms with E-state index in [4.69, 9.17) is 5.10 Å². The molecule has 6 rings (SSSR count). The van der Waals surface area contributed by atoms with Crippen molar-refractivity contribution in [3.63, 3.8) is 0 Å². The van der Waals surface area contributed by atoms with Gasteiger partial charge in [0.15, 0.2) is 5.69 Å². The first-order valence-electron chi connectivity index (χ1n) is 12.5. The SMILES string of the molecule is O=C(c1ccc(Br)cc1)c1nn(-c2ccc(N(c3ccccc3)c3ccccc3)cc2)nc1-c1ccccc1. The van der Waals surface area contributed by atoms with E-state index in [0.717, 1.165) is 32.8 Å². The van der Waals surface area contributed by atoms with Crippen molar-refractivity contribution in [1.29, 1.82) is 0 Å². The third-order valence-electron chi connectivity index (χ3n) is 6.35. The molecule has 0 aliphatic carbocycles. The number of benzene rings is 5. The maximum Gasteiger partial charge on any atom is 0.215 e. The highest BCUT2D eigenvalue weighted by molar-refractivity contribution is 9.10. The van der Waals surface area contributed by atoms with E-state index >= 15 is 0 Å². The van der Waals surface area contributed by atoms with E-state index in [9.17, 15) is 4.79 Å². The molecule has 1 aromatic heterocycles. The molecule has 0 saturated carbocycles. The van der Waals surface area contributed by atoms with Crippen LogP contribution in [0.25, 0.3) is 16.9 Å². The lowest BCUT2D eigenvalue weighted by Crippen LogP contribution is -2.10. The first-order chi connectivity index (χ1) is 19.2. The number of hydrogen-bond acceptors (Lipinski definition) is 4. The van der Waals surface area contributed by atoms with Gasteiger partial charge in [-0.1, -0.05) is 82.7 Å². The molecule has 5 aromatic carbocycles. The lowest BCUT2D eigenvalue weighted by molar-refractivity contribution is 0.103. The number of ketones is 1. The molecule has 0 fully saturated rings. The Kier molecular flexibility index (Phi) is 6.85. The van der Waals surface area contributed by atoms with Crippen molar-refractivity contribution >= 4 is 38.8 Å². The number of halogens is 1. The first kappa shape index (κ1) is 24.5. The number of anilines is 3. The maximum atomic E-state index is 13.5. The zero-order valence-electron chi connectivity index (χ0n) is 20.9. The minimum Gasteiger partial charge on any atom is -0.311 e. The zero-order valence-corrected chi connectivity index (χ0v) is 22.4. The van der Waals surface area contributed by atoms with Gasteiger partial charge in [0.1, 0.15) is 5.69 Å². The molecule has 6 heteroatoms. The first-order valence-corrected chi connectivity index (χ1v) is 13.3. The summed E-state index contributed by atoms with van der Waals surface area (Å²) in [5.74, 6) is -0.177. The smallest absolute Gasteiger partial charge is 0.215 e. The Morgan fingerprint density at radius 2 is 1.10 bits per heavy atom. The van der Waals surface area contributed by atoms with Gasteiger partial charge in [-0.25, -0.2) is 0 Å². The third kappa shape index (κ3) is 5.15. The normalized spacial score (nSPS) is 10.8. The van der Waals surface area contributed by atoms with Crippen LogP contribution in [0, 0.1) is 0 Å². The van der Waals surface area contributed by atoms with Gasteiger partial charge < -0.3 is 4.90 Å². The van der Waals surface area contributed by atoms with Gasteiger partial charge in [-0.2, -0.15) is 4.80 Å². The third-order valence-corrected chi connectivity index (χ3v) is 6.88. The second-order valence-electron chi connectivity index (χ2n) is 8.91. The molecule has 0 N–H and O–H groups in total. The Morgan fingerprint density at radius 3 is 1.67 bits per heavy atom. The van der Waals surface area contributed by atoms with Crippen LogP contribution in [-0.4, -0.2) is 20.8 Å². The topological polar surface area (TPSA) is 51.0 Å². The van der Waals surface area contributed by atoms with E-state index in [1.165, 1.54) is 4.80 Å². The average molecular weight is 571 g/mol. The van der Waals surface area contributed by atoms with Gasteiger partial charge in [0, 0.05) is 32.7 Å². The molecule has 188 valence electrons. The second-order valence-corrected chi connectivity index (χ2v) is 9.83. The van der Waals surface area contributed by atoms with Gasteiger partial charge in [-0.15, -0.1) is 10.2 Å². The molecule has 0 aliphatic heterocycles. The fourth-order valence-corrected chi connectivity index (χ4v) is 4.70. The molecule has 39 heavy (non-hydrogen) atoms. The highest BCUT2D eigenvalue weighted by Crippen LogP contribution is 2.34. The number of nitrogens with zero attached hydrogens (tertiary/aromatic N) is 4. The van der Waals surface area contributed by atoms with Gasteiger partial charge in [0.25, 0.3) is 0 Å². The predicted molar refractivity (Wildman–Crippen MR) is 159 cm³/mol. The Labute approximate surface area is 235 Å². The van der Waals surface area contributed by atoms with Crippen molar-refractivity contribution in [2.75, 3.05) is 4.90 Å². The summed E-state index contributed by atoms with van der Waals surface area (Å²) in [6, 6.07) is 45.5. The number of rotatable bonds is 7. The van der Waals surface area contributed by atoms with Crippen LogP contribution >= 0.6 is 15.9 Å². The van der Waals surface area contributed by atoms with Crippen molar-refractivity contribution in [1.82, 2.24) is 15.0 Å². The molecule has 0 atom stereocenters. The summed E-state index contributed by atoms with van der Waals surface area (Å²) in [4.78, 5) is 17.2. The highest BCUT2D eigenvalue weighted by Gasteiger charge is 2.22. The van der Waals surface area contributed by atoms with Gasteiger partial charge in [0.05, 0.1) is 5.69 Å². The molecule has 1 heterocycles. The largest absolute Gasteiger partial charge is 0.311 e. The lowest BCUT2D eigenvalue weighted by atomic mass is 10.0. The molecular formula is C33H23BrN4O. The molecule has 0 bridgehead atoms. The van der Waals surface area contributed by atoms with E-state index < -0.39 is 0 Å². The van der Waals surface area contributed by atoms with Crippen molar-refractivity contribution in [3.8, 4) is 16.9 Å². The molecular weight excluding hydrogens is 548 g/mol. The lowest BCUT2D eigenvalue weighted by Gasteiger charge is -2.25. The van der Waals surface area contributed by atoms with E-state index in [0.29, 0.717) is 17.0 Å². The van der Waals surface area contributed by atoms with Crippen LogP contribution < -0.4 is 4.90 Å². The molecule has 6 aromatic rings. The molecule has 5 nitrogen and oxygen atoms in total. The van der Waals surface area contributed by atoms with Crippen LogP contribution in [0.4, 0.5) is 17.1 Å².